The lowest BCUT2D eigenvalue weighted by Crippen LogP contribution is -2.45. The van der Waals surface area contributed by atoms with Crippen LogP contribution in [0.15, 0.2) is 78.0 Å². The van der Waals surface area contributed by atoms with Crippen LogP contribution in [0.25, 0.3) is 10.8 Å². The topological polar surface area (TPSA) is 53.2 Å². The van der Waals surface area contributed by atoms with Gasteiger partial charge in [0.25, 0.3) is 5.91 Å². The smallest absolute Gasteiger partial charge is 0.255 e. The molecule has 1 aliphatic heterocycles. The van der Waals surface area contributed by atoms with Crippen LogP contribution in [0.1, 0.15) is 18.5 Å². The lowest BCUT2D eigenvalue weighted by molar-refractivity contribution is -0.113. The van der Waals surface area contributed by atoms with E-state index in [9.17, 15) is 4.79 Å². The number of thiocarbonyl (C=S) groups is 1. The summed E-state index contributed by atoms with van der Waals surface area (Å²) in [5.74, 6) is -0.194. The van der Waals surface area contributed by atoms with E-state index in [0.29, 0.717) is 21.4 Å². The van der Waals surface area contributed by atoms with Gasteiger partial charge in [0, 0.05) is 16.4 Å². The Morgan fingerprint density at radius 2 is 1.75 bits per heavy atom. The fraction of sp³-hybridized carbons (Fsp3) is 0.0909. The summed E-state index contributed by atoms with van der Waals surface area (Å²) in [4.78, 5) is 13.2. The fourth-order valence-electron chi connectivity index (χ4n) is 3.46. The third-order valence-corrected chi connectivity index (χ3v) is 5.22. The van der Waals surface area contributed by atoms with Crippen molar-refractivity contribution in [3.8, 4) is 0 Å². The number of rotatable bonds is 3. The van der Waals surface area contributed by atoms with Crippen molar-refractivity contribution >= 4 is 51.3 Å². The Hall–Kier alpha value is -2.89. The van der Waals surface area contributed by atoms with Gasteiger partial charge in [0.2, 0.25) is 0 Å². The maximum Gasteiger partial charge on any atom is 0.255 e. The maximum absolute atomic E-state index is 13.2. The summed E-state index contributed by atoms with van der Waals surface area (Å²) in [6.45, 7) is 1.86. The zero-order valence-electron chi connectivity index (χ0n) is 15.1. The quantitative estimate of drug-likeness (QED) is 0.539. The summed E-state index contributed by atoms with van der Waals surface area (Å²) in [6.07, 6.45) is 0. The van der Waals surface area contributed by atoms with E-state index in [1.165, 1.54) is 0 Å². The second-order valence-corrected chi connectivity index (χ2v) is 7.44. The summed E-state index contributed by atoms with van der Waals surface area (Å²) in [6, 6.07) is 20.9. The molecule has 6 heteroatoms. The zero-order valence-corrected chi connectivity index (χ0v) is 16.7. The SMILES string of the molecule is CC1=C(C(=O)Nc2ccc(Cl)cc2)[C@H](c2cccc3ccccc23)NC(=S)N1. The molecule has 0 aliphatic carbocycles. The van der Waals surface area contributed by atoms with Crippen LogP contribution in [0.5, 0.6) is 0 Å². The average molecular weight is 408 g/mol. The van der Waals surface area contributed by atoms with Gasteiger partial charge >= 0.3 is 0 Å². The summed E-state index contributed by atoms with van der Waals surface area (Å²) >= 11 is 11.3. The van der Waals surface area contributed by atoms with Crippen LogP contribution in [0.4, 0.5) is 5.69 Å². The van der Waals surface area contributed by atoms with Crippen molar-refractivity contribution in [1.29, 1.82) is 0 Å². The van der Waals surface area contributed by atoms with Crippen LogP contribution < -0.4 is 16.0 Å². The molecular formula is C22H18ClN3OS. The normalized spacial score (nSPS) is 16.5. The summed E-state index contributed by atoms with van der Waals surface area (Å²) in [7, 11) is 0. The van der Waals surface area contributed by atoms with E-state index >= 15 is 0 Å². The molecule has 4 rings (SSSR count). The average Bonchev–Trinajstić information content (AvgIpc) is 2.68. The minimum Gasteiger partial charge on any atom is -0.351 e. The Bertz CT molecular complexity index is 1100. The van der Waals surface area contributed by atoms with Crippen molar-refractivity contribution < 1.29 is 4.79 Å². The Morgan fingerprint density at radius 3 is 2.54 bits per heavy atom. The monoisotopic (exact) mass is 407 g/mol. The molecule has 1 atom stereocenters. The minimum absolute atomic E-state index is 0.194. The summed E-state index contributed by atoms with van der Waals surface area (Å²) in [5.41, 5.74) is 3.01. The molecule has 1 heterocycles. The Kier molecular flexibility index (Phi) is 5.03. The van der Waals surface area contributed by atoms with Crippen LogP contribution in [0, 0.1) is 0 Å². The van der Waals surface area contributed by atoms with Crippen LogP contribution in [0.3, 0.4) is 0 Å². The molecule has 0 aromatic heterocycles. The minimum atomic E-state index is -0.354. The largest absolute Gasteiger partial charge is 0.351 e. The van der Waals surface area contributed by atoms with Gasteiger partial charge in [-0.3, -0.25) is 4.79 Å². The number of amides is 1. The first kappa shape index (κ1) is 18.5. The predicted octanol–water partition coefficient (Wildman–Crippen LogP) is 4.92. The van der Waals surface area contributed by atoms with Crippen molar-refractivity contribution in [2.45, 2.75) is 13.0 Å². The third-order valence-electron chi connectivity index (χ3n) is 4.75. The molecule has 4 nitrogen and oxygen atoms in total. The van der Waals surface area contributed by atoms with Crippen molar-refractivity contribution in [1.82, 2.24) is 10.6 Å². The molecular weight excluding hydrogens is 390 g/mol. The number of hydrogen-bond acceptors (Lipinski definition) is 2. The van der Waals surface area contributed by atoms with E-state index in [1.807, 2.05) is 31.2 Å². The van der Waals surface area contributed by atoms with Crippen LogP contribution in [-0.4, -0.2) is 11.0 Å². The van der Waals surface area contributed by atoms with Crippen LogP contribution in [0.2, 0.25) is 5.02 Å². The number of nitrogens with one attached hydrogen (secondary N) is 3. The van der Waals surface area contributed by atoms with E-state index in [0.717, 1.165) is 22.0 Å². The highest BCUT2D eigenvalue weighted by Crippen LogP contribution is 2.32. The number of carbonyl (C=O) groups excluding carboxylic acids is 1. The molecule has 0 radical (unpaired) electrons. The lowest BCUT2D eigenvalue weighted by atomic mass is 9.91. The van der Waals surface area contributed by atoms with Gasteiger partial charge in [0.05, 0.1) is 11.6 Å². The number of carbonyl (C=O) groups is 1. The number of hydrogen-bond donors (Lipinski definition) is 3. The second-order valence-electron chi connectivity index (χ2n) is 6.60. The van der Waals surface area contributed by atoms with Gasteiger partial charge in [-0.1, -0.05) is 54.1 Å². The van der Waals surface area contributed by atoms with E-state index in [4.69, 9.17) is 23.8 Å². The summed E-state index contributed by atoms with van der Waals surface area (Å²) in [5, 5.41) is 12.6. The van der Waals surface area contributed by atoms with Crippen molar-refractivity contribution in [3.63, 3.8) is 0 Å². The molecule has 3 aromatic carbocycles. The maximum atomic E-state index is 13.2. The fourth-order valence-corrected chi connectivity index (χ4v) is 3.86. The van der Waals surface area contributed by atoms with E-state index in [1.54, 1.807) is 24.3 Å². The Balaban J connectivity index is 1.76. The molecule has 0 saturated carbocycles. The van der Waals surface area contributed by atoms with Crippen molar-refractivity contribution in [2.24, 2.45) is 0 Å². The van der Waals surface area contributed by atoms with Gasteiger partial charge in [0.1, 0.15) is 0 Å². The van der Waals surface area contributed by atoms with E-state index in [2.05, 4.69) is 34.1 Å². The molecule has 0 fully saturated rings. The molecule has 140 valence electrons. The molecule has 1 aliphatic rings. The van der Waals surface area contributed by atoms with Crippen molar-refractivity contribution in [2.75, 3.05) is 5.32 Å². The van der Waals surface area contributed by atoms with Crippen molar-refractivity contribution in [3.05, 3.63) is 88.6 Å². The van der Waals surface area contributed by atoms with Crippen LogP contribution >= 0.6 is 23.8 Å². The third kappa shape index (κ3) is 3.59. The van der Waals surface area contributed by atoms with E-state index < -0.39 is 0 Å². The number of fused-ring (bicyclic) bond motifs is 1. The molecule has 0 saturated heterocycles. The molecule has 0 unspecified atom stereocenters. The highest BCUT2D eigenvalue weighted by Gasteiger charge is 2.30. The number of halogens is 1. The highest BCUT2D eigenvalue weighted by atomic mass is 35.5. The molecule has 28 heavy (non-hydrogen) atoms. The molecule has 3 N–H and O–H groups in total. The van der Waals surface area contributed by atoms with Gasteiger partial charge in [-0.05, 0) is 59.7 Å². The first-order valence-corrected chi connectivity index (χ1v) is 9.64. The standard InChI is InChI=1S/C22H18ClN3OS/c1-13-19(21(27)25-16-11-9-15(23)10-12-16)20(26-22(28)24-13)18-8-4-6-14-5-2-3-7-17(14)18/h2-12,20H,1H3,(H,25,27)(H2,24,26,28)/t20-/m0/s1. The molecule has 1 amide bonds. The first-order chi connectivity index (χ1) is 13.5. The second kappa shape index (κ2) is 7.62. The van der Waals surface area contributed by atoms with Gasteiger partial charge in [0.15, 0.2) is 5.11 Å². The van der Waals surface area contributed by atoms with Crippen LogP contribution in [-0.2, 0) is 4.79 Å². The Morgan fingerprint density at radius 1 is 1.04 bits per heavy atom. The number of anilines is 1. The van der Waals surface area contributed by atoms with Gasteiger partial charge in [-0.25, -0.2) is 0 Å². The van der Waals surface area contributed by atoms with Gasteiger partial charge < -0.3 is 16.0 Å². The molecule has 3 aromatic rings. The van der Waals surface area contributed by atoms with Gasteiger partial charge in [-0.15, -0.1) is 0 Å². The molecule has 0 bridgehead atoms. The highest BCUT2D eigenvalue weighted by molar-refractivity contribution is 7.80. The predicted molar refractivity (Wildman–Crippen MR) is 118 cm³/mol. The molecule has 0 spiro atoms. The lowest BCUT2D eigenvalue weighted by Gasteiger charge is -2.31. The Labute approximate surface area is 173 Å². The zero-order chi connectivity index (χ0) is 19.7. The first-order valence-electron chi connectivity index (χ1n) is 8.86. The van der Waals surface area contributed by atoms with Gasteiger partial charge in [-0.2, -0.15) is 0 Å². The summed E-state index contributed by atoms with van der Waals surface area (Å²) < 4.78 is 0. The number of benzene rings is 3. The number of allylic oxidation sites excluding steroid dienone is 1. The van der Waals surface area contributed by atoms with E-state index in [-0.39, 0.29) is 11.9 Å².